The Labute approximate surface area is 98.8 Å². The van der Waals surface area contributed by atoms with E-state index in [1.807, 2.05) is 35.9 Å². The molecular formula is C10H15N5O2. The normalized spacial score (nSPS) is 10.8. The molecule has 0 aliphatic heterocycles. The van der Waals surface area contributed by atoms with Crippen molar-refractivity contribution in [3.63, 3.8) is 0 Å². The summed E-state index contributed by atoms with van der Waals surface area (Å²) in [4.78, 5) is 11.2. The number of nitrogens with two attached hydrogens (primary N) is 2. The third-order valence-electron chi connectivity index (χ3n) is 1.83. The number of benzene rings is 1. The van der Waals surface area contributed by atoms with E-state index in [9.17, 15) is 4.79 Å². The first-order valence-corrected chi connectivity index (χ1v) is 4.94. The zero-order valence-electron chi connectivity index (χ0n) is 9.22. The summed E-state index contributed by atoms with van der Waals surface area (Å²) in [6, 6.07) is 9.35. The molecule has 17 heavy (non-hydrogen) atoms. The van der Waals surface area contributed by atoms with E-state index in [0.29, 0.717) is 0 Å². The number of rotatable bonds is 5. The molecule has 1 rings (SSSR count). The van der Waals surface area contributed by atoms with Crippen LogP contribution in [0.5, 0.6) is 0 Å². The van der Waals surface area contributed by atoms with Gasteiger partial charge in [-0.3, -0.25) is 0 Å². The molecule has 7 nitrogen and oxygen atoms in total. The molecule has 0 aromatic heterocycles. The average molecular weight is 237 g/mol. The molecule has 0 spiro atoms. The van der Waals surface area contributed by atoms with Crippen molar-refractivity contribution in [2.45, 2.75) is 6.61 Å². The van der Waals surface area contributed by atoms with E-state index in [1.54, 1.807) is 0 Å². The van der Waals surface area contributed by atoms with Gasteiger partial charge >= 0.3 is 6.09 Å². The largest absolute Gasteiger partial charge is 0.445 e. The molecule has 0 fully saturated rings. The van der Waals surface area contributed by atoms with Gasteiger partial charge < -0.3 is 15.8 Å². The summed E-state index contributed by atoms with van der Waals surface area (Å²) >= 11 is 0. The third-order valence-corrected chi connectivity index (χ3v) is 1.83. The summed E-state index contributed by atoms with van der Waals surface area (Å²) < 4.78 is 4.94. The van der Waals surface area contributed by atoms with Crippen LogP contribution in [0.3, 0.4) is 0 Å². The highest BCUT2D eigenvalue weighted by atomic mass is 16.5. The van der Waals surface area contributed by atoms with Crippen molar-refractivity contribution in [3.05, 3.63) is 35.9 Å². The van der Waals surface area contributed by atoms with Gasteiger partial charge in [0, 0.05) is 0 Å². The van der Waals surface area contributed by atoms with E-state index in [4.69, 9.17) is 16.3 Å². The molecule has 1 amide bonds. The van der Waals surface area contributed by atoms with Gasteiger partial charge in [-0.2, -0.15) is 5.10 Å². The number of alkyl carbamates (subject to hydrolysis) is 1. The van der Waals surface area contributed by atoms with Crippen LogP contribution in [0.1, 0.15) is 5.56 Å². The molecule has 1 aromatic carbocycles. The highest BCUT2D eigenvalue weighted by molar-refractivity contribution is 5.85. The molecule has 0 bridgehead atoms. The minimum atomic E-state index is -0.566. The molecular weight excluding hydrogens is 222 g/mol. The minimum absolute atomic E-state index is 0.0673. The SMILES string of the molecule is NN/N=C(\N)CNC(=O)OCc1ccccc1. The molecule has 0 unspecified atom stereocenters. The van der Waals surface area contributed by atoms with E-state index in [0.717, 1.165) is 5.56 Å². The maximum atomic E-state index is 11.2. The van der Waals surface area contributed by atoms with Crippen molar-refractivity contribution in [3.8, 4) is 0 Å². The summed E-state index contributed by atoms with van der Waals surface area (Å²) in [5.74, 6) is 5.07. The van der Waals surface area contributed by atoms with Gasteiger partial charge in [0.1, 0.15) is 12.4 Å². The van der Waals surface area contributed by atoms with Crippen molar-refractivity contribution >= 4 is 11.9 Å². The smallest absolute Gasteiger partial charge is 0.407 e. The number of amidine groups is 1. The van der Waals surface area contributed by atoms with Gasteiger partial charge in [0.25, 0.3) is 0 Å². The Morgan fingerprint density at radius 3 is 2.71 bits per heavy atom. The fourth-order valence-corrected chi connectivity index (χ4v) is 1.06. The third kappa shape index (κ3) is 5.38. The molecule has 0 aliphatic carbocycles. The first kappa shape index (κ1) is 12.8. The molecule has 0 radical (unpaired) electrons. The van der Waals surface area contributed by atoms with E-state index in [2.05, 4.69) is 10.4 Å². The molecule has 7 heteroatoms. The van der Waals surface area contributed by atoms with E-state index >= 15 is 0 Å². The molecule has 0 atom stereocenters. The molecule has 0 saturated carbocycles. The molecule has 92 valence electrons. The summed E-state index contributed by atoms with van der Waals surface area (Å²) in [6.45, 7) is 0.274. The van der Waals surface area contributed by atoms with Gasteiger partial charge in [0.05, 0.1) is 6.54 Å². The number of nitrogens with zero attached hydrogens (tertiary/aromatic N) is 1. The number of hydrogen-bond acceptors (Lipinski definition) is 5. The minimum Gasteiger partial charge on any atom is -0.445 e. The van der Waals surface area contributed by atoms with Crippen molar-refractivity contribution in [2.75, 3.05) is 6.54 Å². The molecule has 0 saturated heterocycles. The van der Waals surface area contributed by atoms with Gasteiger partial charge in [-0.25, -0.2) is 16.2 Å². The number of hydrazone groups is 1. The summed E-state index contributed by atoms with van der Waals surface area (Å²) in [5.41, 5.74) is 8.31. The second-order valence-corrected chi connectivity index (χ2v) is 3.15. The van der Waals surface area contributed by atoms with E-state index in [-0.39, 0.29) is 19.0 Å². The Morgan fingerprint density at radius 1 is 1.35 bits per heavy atom. The molecule has 1 aromatic rings. The monoisotopic (exact) mass is 237 g/mol. The lowest BCUT2D eigenvalue weighted by Crippen LogP contribution is -2.35. The van der Waals surface area contributed by atoms with E-state index in [1.165, 1.54) is 0 Å². The Bertz CT molecular complexity index is 380. The van der Waals surface area contributed by atoms with Crippen LogP contribution in [-0.2, 0) is 11.3 Å². The predicted molar refractivity (Wildman–Crippen MR) is 63.6 cm³/mol. The predicted octanol–water partition coefficient (Wildman–Crippen LogP) is -0.352. The Kier molecular flexibility index (Phi) is 5.32. The second-order valence-electron chi connectivity index (χ2n) is 3.15. The van der Waals surface area contributed by atoms with Crippen molar-refractivity contribution in [2.24, 2.45) is 16.7 Å². The Morgan fingerprint density at radius 2 is 2.06 bits per heavy atom. The molecule has 6 N–H and O–H groups in total. The zero-order chi connectivity index (χ0) is 12.5. The summed E-state index contributed by atoms with van der Waals surface area (Å²) in [5, 5.41) is 5.89. The standard InChI is InChI=1S/C10H15N5O2/c11-9(14-15-12)6-13-10(16)17-7-8-4-2-1-3-5-8/h1-5,15H,6-7,12H2,(H2,11,14)(H,13,16). The number of carbonyl (C=O) groups is 1. The second kappa shape index (κ2) is 7.07. The lowest BCUT2D eigenvalue weighted by molar-refractivity contribution is 0.141. The molecule has 0 heterocycles. The Balaban J connectivity index is 2.24. The maximum Gasteiger partial charge on any atom is 0.407 e. The summed E-state index contributed by atoms with van der Waals surface area (Å²) in [7, 11) is 0. The van der Waals surface area contributed by atoms with Gasteiger partial charge in [-0.05, 0) is 5.56 Å². The number of hydrogen-bond donors (Lipinski definition) is 4. The highest BCUT2D eigenvalue weighted by Crippen LogP contribution is 2.00. The first-order chi connectivity index (χ1) is 8.22. The van der Waals surface area contributed by atoms with Gasteiger partial charge in [-0.15, -0.1) is 0 Å². The van der Waals surface area contributed by atoms with Crippen molar-refractivity contribution in [1.82, 2.24) is 10.9 Å². The zero-order valence-corrected chi connectivity index (χ0v) is 9.22. The van der Waals surface area contributed by atoms with Gasteiger partial charge in [0.15, 0.2) is 0 Å². The van der Waals surface area contributed by atoms with Crippen molar-refractivity contribution in [1.29, 1.82) is 0 Å². The fraction of sp³-hybridized carbons (Fsp3) is 0.200. The number of hydrazine groups is 1. The van der Waals surface area contributed by atoms with Gasteiger partial charge in [0.2, 0.25) is 0 Å². The van der Waals surface area contributed by atoms with Crippen LogP contribution in [0.15, 0.2) is 35.4 Å². The average Bonchev–Trinajstić information content (AvgIpc) is 2.35. The van der Waals surface area contributed by atoms with Crippen LogP contribution < -0.4 is 22.4 Å². The number of carbonyl (C=O) groups excluding carboxylic acids is 1. The lowest BCUT2D eigenvalue weighted by Gasteiger charge is -2.06. The van der Waals surface area contributed by atoms with Crippen LogP contribution in [0, 0.1) is 0 Å². The van der Waals surface area contributed by atoms with Gasteiger partial charge in [-0.1, -0.05) is 30.3 Å². The van der Waals surface area contributed by atoms with Crippen LogP contribution >= 0.6 is 0 Å². The Hall–Kier alpha value is -2.28. The number of nitrogens with one attached hydrogen (secondary N) is 2. The van der Waals surface area contributed by atoms with Crippen LogP contribution in [0.2, 0.25) is 0 Å². The topological polar surface area (TPSA) is 115 Å². The number of ether oxygens (including phenoxy) is 1. The van der Waals surface area contributed by atoms with Crippen LogP contribution in [0.25, 0.3) is 0 Å². The highest BCUT2D eigenvalue weighted by Gasteiger charge is 2.02. The number of amides is 1. The first-order valence-electron chi connectivity index (χ1n) is 4.94. The fourth-order valence-electron chi connectivity index (χ4n) is 1.06. The van der Waals surface area contributed by atoms with Crippen LogP contribution in [-0.4, -0.2) is 18.5 Å². The van der Waals surface area contributed by atoms with Crippen molar-refractivity contribution < 1.29 is 9.53 Å². The molecule has 0 aliphatic rings. The van der Waals surface area contributed by atoms with E-state index < -0.39 is 6.09 Å². The lowest BCUT2D eigenvalue weighted by atomic mass is 10.2. The maximum absolute atomic E-state index is 11.2. The van der Waals surface area contributed by atoms with Crippen LogP contribution in [0.4, 0.5) is 4.79 Å². The summed E-state index contributed by atoms with van der Waals surface area (Å²) in [6.07, 6.45) is -0.566. The quantitative estimate of drug-likeness (QED) is 0.242.